The number of hydrogen-bond acceptors (Lipinski definition) is 8. The number of nitro groups is 2. The summed E-state index contributed by atoms with van der Waals surface area (Å²) >= 11 is 0.946. The van der Waals surface area contributed by atoms with Gasteiger partial charge in [0.2, 0.25) is 0 Å². The van der Waals surface area contributed by atoms with Crippen LogP contribution in [0, 0.1) is 34.1 Å². The predicted molar refractivity (Wildman–Crippen MR) is 77.0 cm³/mol. The van der Waals surface area contributed by atoms with Gasteiger partial charge < -0.3 is 5.11 Å². The van der Waals surface area contributed by atoms with Crippen molar-refractivity contribution in [3.63, 3.8) is 0 Å². The molecule has 2 aromatic rings. The van der Waals surface area contributed by atoms with Gasteiger partial charge in [0.25, 0.3) is 5.75 Å². The molecule has 1 aromatic heterocycles. The Hall–Kier alpha value is -2.75. The van der Waals surface area contributed by atoms with E-state index >= 15 is 0 Å². The fourth-order valence-electron chi connectivity index (χ4n) is 1.76. The van der Waals surface area contributed by atoms with Crippen LogP contribution < -0.4 is 0 Å². The van der Waals surface area contributed by atoms with Crippen molar-refractivity contribution in [2.45, 2.75) is 23.9 Å². The average Bonchev–Trinajstić information content (AvgIpc) is 2.38. The van der Waals surface area contributed by atoms with E-state index in [1.54, 1.807) is 19.9 Å². The molecule has 0 aliphatic carbocycles. The molecule has 0 fully saturated rings. The molecular weight excluding hydrogens is 312 g/mol. The number of rotatable bonds is 4. The van der Waals surface area contributed by atoms with Crippen LogP contribution in [0.1, 0.15) is 11.4 Å². The smallest absolute Gasteiger partial charge is 0.319 e. The van der Waals surface area contributed by atoms with E-state index in [0.717, 1.165) is 23.9 Å². The van der Waals surface area contributed by atoms with E-state index in [0.29, 0.717) is 16.5 Å². The summed E-state index contributed by atoms with van der Waals surface area (Å²) in [7, 11) is 0. The standard InChI is InChI=1S/C12H10N4O5S/c1-6-3-7(2)14-12(13-6)22-8-4-9(15(18)19)11(17)10(5-8)16(20)21/h3-5,17H,1-2H3. The molecule has 1 aromatic carbocycles. The van der Waals surface area contributed by atoms with Crippen LogP contribution in [-0.2, 0) is 0 Å². The highest BCUT2D eigenvalue weighted by Gasteiger charge is 2.26. The molecule has 10 heteroatoms. The highest BCUT2D eigenvalue weighted by Crippen LogP contribution is 2.40. The Morgan fingerprint density at radius 2 is 1.45 bits per heavy atom. The lowest BCUT2D eigenvalue weighted by molar-refractivity contribution is -0.396. The van der Waals surface area contributed by atoms with Crippen LogP contribution in [0.25, 0.3) is 0 Å². The number of nitro benzene ring substituents is 2. The number of nitrogens with zero attached hydrogens (tertiary/aromatic N) is 4. The second-order valence-electron chi connectivity index (χ2n) is 4.36. The van der Waals surface area contributed by atoms with Gasteiger partial charge in [-0.1, -0.05) is 0 Å². The monoisotopic (exact) mass is 322 g/mol. The summed E-state index contributed by atoms with van der Waals surface area (Å²) in [5.41, 5.74) is -0.0577. The fourth-order valence-corrected chi connectivity index (χ4v) is 2.69. The highest BCUT2D eigenvalue weighted by molar-refractivity contribution is 7.99. The van der Waals surface area contributed by atoms with E-state index in [4.69, 9.17) is 0 Å². The van der Waals surface area contributed by atoms with Crippen molar-refractivity contribution >= 4 is 23.1 Å². The third-order valence-electron chi connectivity index (χ3n) is 2.61. The zero-order chi connectivity index (χ0) is 16.4. The third kappa shape index (κ3) is 3.28. The van der Waals surface area contributed by atoms with Crippen LogP contribution in [-0.4, -0.2) is 24.9 Å². The largest absolute Gasteiger partial charge is 0.497 e. The minimum absolute atomic E-state index is 0.196. The Labute approximate surface area is 128 Å². The minimum atomic E-state index is -0.972. The Morgan fingerprint density at radius 3 is 1.86 bits per heavy atom. The first kappa shape index (κ1) is 15.6. The number of hydrogen-bond donors (Lipinski definition) is 1. The first-order chi connectivity index (χ1) is 10.3. The topological polar surface area (TPSA) is 132 Å². The molecule has 0 aliphatic heterocycles. The van der Waals surface area contributed by atoms with Crippen LogP contribution in [0.5, 0.6) is 5.75 Å². The zero-order valence-electron chi connectivity index (χ0n) is 11.5. The van der Waals surface area contributed by atoms with Gasteiger partial charge in [-0.3, -0.25) is 20.2 Å². The van der Waals surface area contributed by atoms with E-state index in [-0.39, 0.29) is 4.90 Å². The lowest BCUT2D eigenvalue weighted by Crippen LogP contribution is -1.96. The SMILES string of the molecule is Cc1cc(C)nc(Sc2cc([N+](=O)[O-])c(O)c([N+](=O)[O-])c2)n1. The van der Waals surface area contributed by atoms with Gasteiger partial charge in [-0.2, -0.15) is 0 Å². The Kier molecular flexibility index (Phi) is 4.22. The molecule has 0 saturated heterocycles. The lowest BCUT2D eigenvalue weighted by Gasteiger charge is -2.04. The van der Waals surface area contributed by atoms with E-state index < -0.39 is 27.0 Å². The van der Waals surface area contributed by atoms with Crippen molar-refractivity contribution in [2.75, 3.05) is 0 Å². The first-order valence-corrected chi connectivity index (χ1v) is 6.75. The molecule has 0 atom stereocenters. The van der Waals surface area contributed by atoms with Crippen LogP contribution in [0.2, 0.25) is 0 Å². The molecule has 0 aliphatic rings. The molecule has 9 nitrogen and oxygen atoms in total. The summed E-state index contributed by atoms with van der Waals surface area (Å²) in [4.78, 5) is 28.5. The summed E-state index contributed by atoms with van der Waals surface area (Å²) in [6.07, 6.45) is 0. The number of phenolic OH excluding ortho intramolecular Hbond substituents is 1. The third-order valence-corrected chi connectivity index (χ3v) is 3.44. The van der Waals surface area contributed by atoms with Crippen molar-refractivity contribution in [1.82, 2.24) is 9.97 Å². The molecular formula is C12H10N4O5S. The number of aromatic nitrogens is 2. The summed E-state index contributed by atoms with van der Waals surface area (Å²) in [5.74, 6) is -0.972. The highest BCUT2D eigenvalue weighted by atomic mass is 32.2. The maximum Gasteiger partial charge on any atom is 0.319 e. The second-order valence-corrected chi connectivity index (χ2v) is 5.40. The first-order valence-electron chi connectivity index (χ1n) is 5.94. The zero-order valence-corrected chi connectivity index (χ0v) is 12.3. The molecule has 0 amide bonds. The summed E-state index contributed by atoms with van der Waals surface area (Å²) in [6.45, 7) is 3.53. The fraction of sp³-hybridized carbons (Fsp3) is 0.167. The number of phenols is 1. The van der Waals surface area contributed by atoms with Crippen molar-refractivity contribution in [3.8, 4) is 5.75 Å². The maximum atomic E-state index is 10.9. The molecule has 0 bridgehead atoms. The van der Waals surface area contributed by atoms with Gasteiger partial charge in [0, 0.05) is 28.4 Å². The molecule has 22 heavy (non-hydrogen) atoms. The lowest BCUT2D eigenvalue weighted by atomic mass is 10.2. The van der Waals surface area contributed by atoms with Gasteiger partial charge in [0.1, 0.15) is 0 Å². The van der Waals surface area contributed by atoms with E-state index in [1.165, 1.54) is 0 Å². The van der Waals surface area contributed by atoms with Crippen LogP contribution >= 0.6 is 11.8 Å². The van der Waals surface area contributed by atoms with Gasteiger partial charge in [-0.25, -0.2) is 9.97 Å². The van der Waals surface area contributed by atoms with Gasteiger partial charge in [-0.05, 0) is 31.7 Å². The number of aryl methyl sites for hydroxylation is 2. The maximum absolute atomic E-state index is 10.9. The Morgan fingerprint density at radius 1 is 1.00 bits per heavy atom. The van der Waals surface area contributed by atoms with Crippen molar-refractivity contribution in [2.24, 2.45) is 0 Å². The van der Waals surface area contributed by atoms with Crippen molar-refractivity contribution in [1.29, 1.82) is 0 Å². The second kappa shape index (κ2) is 5.93. The molecule has 2 rings (SSSR count). The number of benzene rings is 1. The quantitative estimate of drug-likeness (QED) is 0.516. The van der Waals surface area contributed by atoms with Crippen LogP contribution in [0.4, 0.5) is 11.4 Å². The molecule has 0 radical (unpaired) electrons. The van der Waals surface area contributed by atoms with E-state index in [9.17, 15) is 25.3 Å². The van der Waals surface area contributed by atoms with Gasteiger partial charge in [0.15, 0.2) is 5.16 Å². The summed E-state index contributed by atoms with van der Waals surface area (Å²) in [5, 5.41) is 31.7. The molecule has 1 heterocycles. The van der Waals surface area contributed by atoms with Crippen LogP contribution in [0.15, 0.2) is 28.3 Å². The number of aromatic hydroxyl groups is 1. The molecule has 0 spiro atoms. The normalized spacial score (nSPS) is 10.5. The Bertz CT molecular complexity index is 725. The summed E-state index contributed by atoms with van der Waals surface area (Å²) < 4.78 is 0. The van der Waals surface area contributed by atoms with Gasteiger partial charge >= 0.3 is 11.4 Å². The average molecular weight is 322 g/mol. The van der Waals surface area contributed by atoms with Gasteiger partial charge in [0.05, 0.1) is 9.85 Å². The molecule has 1 N–H and O–H groups in total. The van der Waals surface area contributed by atoms with Crippen molar-refractivity contribution < 1.29 is 15.0 Å². The molecule has 0 saturated carbocycles. The van der Waals surface area contributed by atoms with E-state index in [1.807, 2.05) is 0 Å². The van der Waals surface area contributed by atoms with E-state index in [2.05, 4.69) is 9.97 Å². The Balaban J connectivity index is 2.51. The van der Waals surface area contributed by atoms with Gasteiger partial charge in [-0.15, -0.1) is 0 Å². The summed E-state index contributed by atoms with van der Waals surface area (Å²) in [6, 6.07) is 3.85. The minimum Gasteiger partial charge on any atom is -0.497 e. The molecule has 0 unspecified atom stereocenters. The molecule has 114 valence electrons. The van der Waals surface area contributed by atoms with Crippen LogP contribution in [0.3, 0.4) is 0 Å². The predicted octanol–water partition coefficient (Wildman–Crippen LogP) is 2.77. The van der Waals surface area contributed by atoms with Crippen molar-refractivity contribution in [3.05, 3.63) is 49.8 Å².